The fourth-order valence-corrected chi connectivity index (χ4v) is 1.89. The smallest absolute Gasteiger partial charge is 0.308 e. The van der Waals surface area contributed by atoms with Gasteiger partial charge in [0.15, 0.2) is 0 Å². The van der Waals surface area contributed by atoms with Crippen LogP contribution in [-0.4, -0.2) is 29.1 Å². The summed E-state index contributed by atoms with van der Waals surface area (Å²) < 4.78 is 0. The van der Waals surface area contributed by atoms with E-state index in [4.69, 9.17) is 10.8 Å². The Kier molecular flexibility index (Phi) is 6.91. The Bertz CT molecular complexity index is 288. The van der Waals surface area contributed by atoms with Crippen LogP contribution in [0, 0.1) is 11.8 Å². The van der Waals surface area contributed by atoms with Gasteiger partial charge in [-0.3, -0.25) is 9.59 Å². The van der Waals surface area contributed by atoms with Crippen LogP contribution >= 0.6 is 0 Å². The van der Waals surface area contributed by atoms with Crippen molar-refractivity contribution in [3.05, 3.63) is 0 Å². The fraction of sp³-hybridized carbons (Fsp3) is 0.846. The van der Waals surface area contributed by atoms with E-state index in [9.17, 15) is 9.59 Å². The number of nitrogens with two attached hydrogens (primary N) is 1. The molecular weight excluding hydrogens is 232 g/mol. The van der Waals surface area contributed by atoms with E-state index in [0.717, 1.165) is 6.42 Å². The van der Waals surface area contributed by atoms with Gasteiger partial charge in [0, 0.05) is 6.54 Å². The number of aliphatic carboxylic acids is 1. The van der Waals surface area contributed by atoms with Crippen LogP contribution in [0.25, 0.3) is 0 Å². The number of nitrogens with one attached hydrogen (secondary N) is 1. The summed E-state index contributed by atoms with van der Waals surface area (Å²) in [7, 11) is 0. The minimum absolute atomic E-state index is 0.142. The normalized spacial score (nSPS) is 16.1. The molecule has 1 amide bonds. The Balaban J connectivity index is 4.35. The standard InChI is InChI=1S/C13H26N2O3/c1-5-6-13(4,14)12(18)15-8-10(11(16)17)7-9(2)3/h9-10H,5-8,14H2,1-4H3,(H,15,18)(H,16,17). The van der Waals surface area contributed by atoms with Crippen LogP contribution in [0.3, 0.4) is 0 Å². The number of carbonyl (C=O) groups excluding carboxylic acids is 1. The first-order valence-electron chi connectivity index (χ1n) is 6.50. The van der Waals surface area contributed by atoms with Crippen LogP contribution in [-0.2, 0) is 9.59 Å². The Hall–Kier alpha value is -1.10. The Labute approximate surface area is 109 Å². The quantitative estimate of drug-likeness (QED) is 0.613. The molecule has 0 aliphatic carbocycles. The van der Waals surface area contributed by atoms with Gasteiger partial charge in [-0.2, -0.15) is 0 Å². The maximum atomic E-state index is 11.8. The SMILES string of the molecule is CCCC(C)(N)C(=O)NCC(CC(C)C)C(=O)O. The molecule has 0 fully saturated rings. The number of hydrogen-bond acceptors (Lipinski definition) is 3. The third-order valence-electron chi connectivity index (χ3n) is 2.90. The largest absolute Gasteiger partial charge is 0.481 e. The van der Waals surface area contributed by atoms with Gasteiger partial charge in [-0.1, -0.05) is 27.2 Å². The topological polar surface area (TPSA) is 92.4 Å². The second-order valence-corrected chi connectivity index (χ2v) is 5.54. The molecule has 0 radical (unpaired) electrons. The van der Waals surface area contributed by atoms with E-state index in [2.05, 4.69) is 5.32 Å². The highest BCUT2D eigenvalue weighted by Crippen LogP contribution is 2.13. The van der Waals surface area contributed by atoms with Gasteiger partial charge in [0.05, 0.1) is 11.5 Å². The molecule has 0 rings (SSSR count). The van der Waals surface area contributed by atoms with Gasteiger partial charge in [0.2, 0.25) is 5.91 Å². The highest BCUT2D eigenvalue weighted by Gasteiger charge is 2.28. The minimum atomic E-state index is -0.921. The second-order valence-electron chi connectivity index (χ2n) is 5.54. The first kappa shape index (κ1) is 16.9. The van der Waals surface area contributed by atoms with Gasteiger partial charge in [-0.05, 0) is 25.7 Å². The molecule has 0 spiro atoms. The summed E-state index contributed by atoms with van der Waals surface area (Å²) in [5.74, 6) is -1.42. The zero-order chi connectivity index (χ0) is 14.3. The highest BCUT2D eigenvalue weighted by atomic mass is 16.4. The number of hydrogen-bond donors (Lipinski definition) is 3. The van der Waals surface area contributed by atoms with E-state index in [1.54, 1.807) is 6.92 Å². The van der Waals surface area contributed by atoms with Crippen molar-refractivity contribution in [2.45, 2.75) is 52.5 Å². The molecule has 0 heterocycles. The maximum absolute atomic E-state index is 11.8. The van der Waals surface area contributed by atoms with E-state index >= 15 is 0 Å². The molecule has 2 unspecified atom stereocenters. The summed E-state index contributed by atoms with van der Waals surface area (Å²) in [6.07, 6.45) is 1.94. The third kappa shape index (κ3) is 6.00. The second kappa shape index (κ2) is 7.36. The summed E-state index contributed by atoms with van der Waals surface area (Å²) in [6, 6.07) is 0. The molecule has 2 atom stereocenters. The molecule has 0 saturated carbocycles. The van der Waals surface area contributed by atoms with Crippen LogP contribution in [0.5, 0.6) is 0 Å². The van der Waals surface area contributed by atoms with Crippen LogP contribution < -0.4 is 11.1 Å². The van der Waals surface area contributed by atoms with E-state index in [1.165, 1.54) is 0 Å². The van der Waals surface area contributed by atoms with E-state index in [0.29, 0.717) is 12.8 Å². The lowest BCUT2D eigenvalue weighted by Gasteiger charge is -2.24. The van der Waals surface area contributed by atoms with E-state index < -0.39 is 17.4 Å². The molecule has 0 aliphatic heterocycles. The van der Waals surface area contributed by atoms with Crippen molar-refractivity contribution < 1.29 is 14.7 Å². The monoisotopic (exact) mass is 258 g/mol. The Morgan fingerprint density at radius 3 is 2.33 bits per heavy atom. The van der Waals surface area contributed by atoms with Crippen molar-refractivity contribution in [3.63, 3.8) is 0 Å². The molecule has 0 aromatic heterocycles. The van der Waals surface area contributed by atoms with Gasteiger partial charge in [-0.15, -0.1) is 0 Å². The molecule has 0 aromatic carbocycles. The zero-order valence-corrected chi connectivity index (χ0v) is 11.8. The fourth-order valence-electron chi connectivity index (χ4n) is 1.89. The van der Waals surface area contributed by atoms with E-state index in [1.807, 2.05) is 20.8 Å². The molecule has 106 valence electrons. The Morgan fingerprint density at radius 2 is 1.94 bits per heavy atom. The van der Waals surface area contributed by atoms with Crippen molar-refractivity contribution in [2.24, 2.45) is 17.6 Å². The molecule has 5 heteroatoms. The minimum Gasteiger partial charge on any atom is -0.481 e. The Morgan fingerprint density at radius 1 is 1.39 bits per heavy atom. The number of carbonyl (C=O) groups is 2. The summed E-state index contributed by atoms with van der Waals surface area (Å²) in [5, 5.41) is 11.7. The number of rotatable bonds is 8. The van der Waals surface area contributed by atoms with Crippen molar-refractivity contribution in [1.82, 2.24) is 5.32 Å². The summed E-state index contributed by atoms with van der Waals surface area (Å²) in [6.45, 7) is 7.69. The molecule has 18 heavy (non-hydrogen) atoms. The summed E-state index contributed by atoms with van der Waals surface area (Å²) in [5.41, 5.74) is 4.95. The number of carboxylic acid groups (broad SMARTS) is 1. The molecule has 0 aromatic rings. The first-order valence-corrected chi connectivity index (χ1v) is 6.50. The van der Waals surface area contributed by atoms with Crippen LogP contribution in [0.15, 0.2) is 0 Å². The molecule has 4 N–H and O–H groups in total. The average molecular weight is 258 g/mol. The summed E-state index contributed by atoms with van der Waals surface area (Å²) >= 11 is 0. The van der Waals surface area contributed by atoms with Crippen LogP contribution in [0.1, 0.15) is 47.0 Å². The number of carboxylic acids is 1. The van der Waals surface area contributed by atoms with Crippen molar-refractivity contribution in [3.8, 4) is 0 Å². The van der Waals surface area contributed by atoms with Crippen molar-refractivity contribution >= 4 is 11.9 Å². The lowest BCUT2D eigenvalue weighted by molar-refractivity contribution is -0.142. The van der Waals surface area contributed by atoms with Crippen molar-refractivity contribution in [1.29, 1.82) is 0 Å². The van der Waals surface area contributed by atoms with E-state index in [-0.39, 0.29) is 18.4 Å². The zero-order valence-electron chi connectivity index (χ0n) is 11.8. The van der Waals surface area contributed by atoms with Gasteiger partial charge < -0.3 is 16.2 Å². The summed E-state index contributed by atoms with van der Waals surface area (Å²) in [4.78, 5) is 22.9. The molecule has 0 saturated heterocycles. The van der Waals surface area contributed by atoms with Gasteiger partial charge in [0.1, 0.15) is 0 Å². The first-order chi connectivity index (χ1) is 8.20. The highest BCUT2D eigenvalue weighted by molar-refractivity contribution is 5.86. The maximum Gasteiger partial charge on any atom is 0.308 e. The van der Waals surface area contributed by atoms with Gasteiger partial charge in [0.25, 0.3) is 0 Å². The molecular formula is C13H26N2O3. The van der Waals surface area contributed by atoms with Gasteiger partial charge >= 0.3 is 5.97 Å². The predicted molar refractivity (Wildman–Crippen MR) is 71.1 cm³/mol. The lowest BCUT2D eigenvalue weighted by Crippen LogP contribution is -2.52. The third-order valence-corrected chi connectivity index (χ3v) is 2.90. The van der Waals surface area contributed by atoms with Crippen LogP contribution in [0.4, 0.5) is 0 Å². The van der Waals surface area contributed by atoms with Crippen molar-refractivity contribution in [2.75, 3.05) is 6.54 Å². The molecule has 0 aliphatic rings. The van der Waals surface area contributed by atoms with Crippen LogP contribution in [0.2, 0.25) is 0 Å². The lowest BCUT2D eigenvalue weighted by atomic mass is 9.94. The predicted octanol–water partition coefficient (Wildman–Crippen LogP) is 1.37. The average Bonchev–Trinajstić information content (AvgIpc) is 2.22. The molecule has 0 bridgehead atoms. The molecule has 5 nitrogen and oxygen atoms in total. The van der Waals surface area contributed by atoms with Gasteiger partial charge in [-0.25, -0.2) is 0 Å². The number of amides is 1.